The maximum Gasteiger partial charge on any atom is 0.227 e. The van der Waals surface area contributed by atoms with Crippen LogP contribution in [0.1, 0.15) is 18.9 Å². The summed E-state index contributed by atoms with van der Waals surface area (Å²) in [5, 5.41) is 11.4. The fourth-order valence-electron chi connectivity index (χ4n) is 2.39. The summed E-state index contributed by atoms with van der Waals surface area (Å²) in [4.78, 5) is 14.0. The minimum Gasteiger partial charge on any atom is -0.395 e. The standard InChI is InChI=1S/C17H21NO2/c1-2-9-18(10-11-19)17(20)13-14-7-8-15-5-3-4-6-16(15)12-14/h3-8,12,19H,2,9-11,13H2,1H3. The van der Waals surface area contributed by atoms with Crippen LogP contribution < -0.4 is 0 Å². The molecule has 3 heteroatoms. The second-order valence-corrected chi connectivity index (χ2v) is 4.96. The molecule has 0 unspecified atom stereocenters. The molecule has 0 atom stereocenters. The summed E-state index contributed by atoms with van der Waals surface area (Å²) in [7, 11) is 0. The Morgan fingerprint density at radius 2 is 1.85 bits per heavy atom. The van der Waals surface area contributed by atoms with Gasteiger partial charge in [0.1, 0.15) is 0 Å². The molecular weight excluding hydrogens is 250 g/mol. The summed E-state index contributed by atoms with van der Waals surface area (Å²) in [5.41, 5.74) is 1.02. The van der Waals surface area contributed by atoms with E-state index in [1.807, 2.05) is 31.2 Å². The predicted octanol–water partition coefficient (Wildman–Crippen LogP) is 2.61. The molecule has 2 rings (SSSR count). The van der Waals surface area contributed by atoms with Crippen LogP contribution in [0.2, 0.25) is 0 Å². The molecule has 0 aromatic heterocycles. The highest BCUT2D eigenvalue weighted by Crippen LogP contribution is 2.16. The molecular formula is C17H21NO2. The Labute approximate surface area is 119 Å². The summed E-state index contributed by atoms with van der Waals surface area (Å²) in [6.45, 7) is 3.17. The predicted molar refractivity (Wildman–Crippen MR) is 81.6 cm³/mol. The van der Waals surface area contributed by atoms with Gasteiger partial charge in [-0.2, -0.15) is 0 Å². The average molecular weight is 271 g/mol. The van der Waals surface area contributed by atoms with E-state index >= 15 is 0 Å². The Hall–Kier alpha value is -1.87. The summed E-state index contributed by atoms with van der Waals surface area (Å²) in [5.74, 6) is 0.0798. The number of rotatable bonds is 6. The van der Waals surface area contributed by atoms with Crippen LogP contribution in [0.25, 0.3) is 10.8 Å². The van der Waals surface area contributed by atoms with E-state index in [1.165, 1.54) is 5.39 Å². The van der Waals surface area contributed by atoms with Crippen LogP contribution in [0.15, 0.2) is 42.5 Å². The third kappa shape index (κ3) is 3.58. The first-order chi connectivity index (χ1) is 9.74. The van der Waals surface area contributed by atoms with Crippen LogP contribution in [0.3, 0.4) is 0 Å². The second-order valence-electron chi connectivity index (χ2n) is 4.96. The van der Waals surface area contributed by atoms with Crippen molar-refractivity contribution >= 4 is 16.7 Å². The van der Waals surface area contributed by atoms with Crippen molar-refractivity contribution in [3.63, 3.8) is 0 Å². The van der Waals surface area contributed by atoms with E-state index in [2.05, 4.69) is 18.2 Å². The quantitative estimate of drug-likeness (QED) is 0.877. The summed E-state index contributed by atoms with van der Waals surface area (Å²) >= 11 is 0. The Morgan fingerprint density at radius 1 is 1.10 bits per heavy atom. The minimum atomic E-state index is 0.0173. The van der Waals surface area contributed by atoms with Gasteiger partial charge in [-0.05, 0) is 22.8 Å². The molecule has 0 aliphatic heterocycles. The molecule has 20 heavy (non-hydrogen) atoms. The Bertz CT molecular complexity index is 574. The van der Waals surface area contributed by atoms with Crippen LogP contribution in [0.5, 0.6) is 0 Å². The first-order valence-corrected chi connectivity index (χ1v) is 7.11. The number of fused-ring (bicyclic) bond motifs is 1. The van der Waals surface area contributed by atoms with Crippen LogP contribution in [-0.2, 0) is 11.2 Å². The highest BCUT2D eigenvalue weighted by atomic mass is 16.3. The van der Waals surface area contributed by atoms with Crippen molar-refractivity contribution < 1.29 is 9.90 Å². The topological polar surface area (TPSA) is 40.5 Å². The minimum absolute atomic E-state index is 0.0173. The molecule has 0 saturated heterocycles. The highest BCUT2D eigenvalue weighted by Gasteiger charge is 2.12. The Kier molecular flexibility index (Phi) is 5.13. The number of hydrogen-bond donors (Lipinski definition) is 1. The molecule has 0 aliphatic carbocycles. The van der Waals surface area contributed by atoms with E-state index in [-0.39, 0.29) is 12.5 Å². The third-order valence-corrected chi connectivity index (χ3v) is 3.39. The molecule has 0 fully saturated rings. The Morgan fingerprint density at radius 3 is 2.55 bits per heavy atom. The fourth-order valence-corrected chi connectivity index (χ4v) is 2.39. The molecule has 0 bridgehead atoms. The molecule has 106 valence electrons. The van der Waals surface area contributed by atoms with E-state index in [0.29, 0.717) is 19.5 Å². The van der Waals surface area contributed by atoms with Gasteiger partial charge in [0.15, 0.2) is 0 Å². The van der Waals surface area contributed by atoms with Gasteiger partial charge in [0.05, 0.1) is 13.0 Å². The van der Waals surface area contributed by atoms with Crippen molar-refractivity contribution in [2.24, 2.45) is 0 Å². The van der Waals surface area contributed by atoms with E-state index in [4.69, 9.17) is 5.11 Å². The van der Waals surface area contributed by atoms with Gasteiger partial charge in [0.2, 0.25) is 5.91 Å². The fraction of sp³-hybridized carbons (Fsp3) is 0.353. The van der Waals surface area contributed by atoms with Gasteiger partial charge in [0, 0.05) is 13.1 Å². The van der Waals surface area contributed by atoms with E-state index in [1.54, 1.807) is 4.90 Å². The molecule has 2 aromatic carbocycles. The van der Waals surface area contributed by atoms with Gasteiger partial charge >= 0.3 is 0 Å². The van der Waals surface area contributed by atoms with Gasteiger partial charge in [-0.1, -0.05) is 49.4 Å². The molecule has 2 aromatic rings. The van der Waals surface area contributed by atoms with E-state index < -0.39 is 0 Å². The zero-order valence-electron chi connectivity index (χ0n) is 11.9. The highest BCUT2D eigenvalue weighted by molar-refractivity contribution is 5.85. The summed E-state index contributed by atoms with van der Waals surface area (Å²) in [6, 6.07) is 14.3. The van der Waals surface area contributed by atoms with Crippen LogP contribution in [0.4, 0.5) is 0 Å². The van der Waals surface area contributed by atoms with Crippen molar-refractivity contribution in [2.75, 3.05) is 19.7 Å². The number of carbonyl (C=O) groups is 1. The molecule has 0 heterocycles. The van der Waals surface area contributed by atoms with E-state index in [9.17, 15) is 4.79 Å². The number of aliphatic hydroxyl groups is 1. The van der Waals surface area contributed by atoms with Gasteiger partial charge in [-0.25, -0.2) is 0 Å². The molecule has 1 amide bonds. The maximum atomic E-state index is 12.2. The van der Waals surface area contributed by atoms with Gasteiger partial charge < -0.3 is 10.0 Å². The second kappa shape index (κ2) is 7.06. The lowest BCUT2D eigenvalue weighted by molar-refractivity contribution is -0.131. The smallest absolute Gasteiger partial charge is 0.227 e. The average Bonchev–Trinajstić information content (AvgIpc) is 2.47. The van der Waals surface area contributed by atoms with Gasteiger partial charge in [-0.3, -0.25) is 4.79 Å². The monoisotopic (exact) mass is 271 g/mol. The SMILES string of the molecule is CCCN(CCO)C(=O)Cc1ccc2ccccc2c1. The summed E-state index contributed by atoms with van der Waals surface area (Å²) in [6.07, 6.45) is 1.30. The van der Waals surface area contributed by atoms with Crippen molar-refractivity contribution in [1.29, 1.82) is 0 Å². The molecule has 1 N–H and O–H groups in total. The van der Waals surface area contributed by atoms with Crippen molar-refractivity contribution in [3.8, 4) is 0 Å². The number of benzene rings is 2. The van der Waals surface area contributed by atoms with Crippen LogP contribution >= 0.6 is 0 Å². The Balaban J connectivity index is 2.11. The lowest BCUT2D eigenvalue weighted by Gasteiger charge is -2.21. The zero-order chi connectivity index (χ0) is 14.4. The largest absolute Gasteiger partial charge is 0.395 e. The first-order valence-electron chi connectivity index (χ1n) is 7.11. The van der Waals surface area contributed by atoms with Crippen LogP contribution in [-0.4, -0.2) is 35.6 Å². The molecule has 0 radical (unpaired) electrons. The number of carbonyl (C=O) groups excluding carboxylic acids is 1. The van der Waals surface area contributed by atoms with Crippen molar-refractivity contribution in [2.45, 2.75) is 19.8 Å². The zero-order valence-corrected chi connectivity index (χ0v) is 11.9. The number of nitrogens with zero attached hydrogens (tertiary/aromatic N) is 1. The molecule has 0 spiro atoms. The lowest BCUT2D eigenvalue weighted by atomic mass is 10.0. The number of aliphatic hydroxyl groups excluding tert-OH is 1. The lowest BCUT2D eigenvalue weighted by Crippen LogP contribution is -2.35. The molecule has 3 nitrogen and oxygen atoms in total. The van der Waals surface area contributed by atoms with Crippen molar-refractivity contribution in [1.82, 2.24) is 4.90 Å². The van der Waals surface area contributed by atoms with Crippen LogP contribution in [0, 0.1) is 0 Å². The van der Waals surface area contributed by atoms with Gasteiger partial charge in [0.25, 0.3) is 0 Å². The van der Waals surface area contributed by atoms with E-state index in [0.717, 1.165) is 17.4 Å². The van der Waals surface area contributed by atoms with Crippen molar-refractivity contribution in [3.05, 3.63) is 48.0 Å². The maximum absolute atomic E-state index is 12.2. The molecule has 0 aliphatic rings. The normalized spacial score (nSPS) is 10.7. The summed E-state index contributed by atoms with van der Waals surface area (Å²) < 4.78 is 0. The number of amides is 1. The first kappa shape index (κ1) is 14.5. The number of hydrogen-bond acceptors (Lipinski definition) is 2. The third-order valence-electron chi connectivity index (χ3n) is 3.39. The van der Waals surface area contributed by atoms with Gasteiger partial charge in [-0.15, -0.1) is 0 Å². The molecule has 0 saturated carbocycles.